The van der Waals surface area contributed by atoms with Crippen molar-refractivity contribution in [3.05, 3.63) is 0 Å². The molecule has 0 aliphatic carbocycles. The Bertz CT molecular complexity index is 144. The van der Waals surface area contributed by atoms with Gasteiger partial charge in [-0.15, -0.1) is 0 Å². The first-order valence-corrected chi connectivity index (χ1v) is 3.22. The lowest BCUT2D eigenvalue weighted by molar-refractivity contribution is -0.110. The SMILES string of the molecule is CC(=O)C=NNC(C)(C)C. The summed E-state index contributed by atoms with van der Waals surface area (Å²) in [4.78, 5) is 10.3. The molecule has 0 aromatic rings. The first-order chi connectivity index (χ1) is 4.42. The maximum atomic E-state index is 10.3. The van der Waals surface area contributed by atoms with Crippen molar-refractivity contribution in [1.29, 1.82) is 0 Å². The number of nitrogens with one attached hydrogen (secondary N) is 1. The van der Waals surface area contributed by atoms with Crippen molar-refractivity contribution < 1.29 is 4.79 Å². The van der Waals surface area contributed by atoms with Crippen LogP contribution in [0.5, 0.6) is 0 Å². The Morgan fingerprint density at radius 3 is 2.30 bits per heavy atom. The van der Waals surface area contributed by atoms with Crippen LogP contribution in [-0.4, -0.2) is 17.5 Å². The molecule has 0 unspecified atom stereocenters. The Morgan fingerprint density at radius 1 is 1.50 bits per heavy atom. The van der Waals surface area contributed by atoms with Crippen LogP contribution in [0, 0.1) is 0 Å². The lowest BCUT2D eigenvalue weighted by Crippen LogP contribution is -2.31. The maximum absolute atomic E-state index is 10.3. The molecule has 0 spiro atoms. The van der Waals surface area contributed by atoms with E-state index in [4.69, 9.17) is 0 Å². The van der Waals surface area contributed by atoms with E-state index in [1.807, 2.05) is 20.8 Å². The molecule has 0 radical (unpaired) electrons. The van der Waals surface area contributed by atoms with Crippen molar-refractivity contribution in [1.82, 2.24) is 5.43 Å². The molecule has 3 nitrogen and oxygen atoms in total. The molecule has 0 aliphatic heterocycles. The summed E-state index contributed by atoms with van der Waals surface area (Å²) in [5.74, 6) is -0.0447. The van der Waals surface area contributed by atoms with Gasteiger partial charge in [0.2, 0.25) is 0 Å². The molecule has 0 aromatic carbocycles. The maximum Gasteiger partial charge on any atom is 0.172 e. The number of Topliss-reactive ketones (excluding diaryl/α,β-unsaturated/α-hetero) is 1. The van der Waals surface area contributed by atoms with Gasteiger partial charge in [0.25, 0.3) is 0 Å². The van der Waals surface area contributed by atoms with Gasteiger partial charge in [-0.3, -0.25) is 4.79 Å². The second kappa shape index (κ2) is 3.34. The largest absolute Gasteiger partial charge is 0.305 e. The average molecular weight is 142 g/mol. The third-order valence-corrected chi connectivity index (χ3v) is 0.646. The van der Waals surface area contributed by atoms with Gasteiger partial charge in [-0.1, -0.05) is 0 Å². The summed E-state index contributed by atoms with van der Waals surface area (Å²) in [7, 11) is 0. The molecule has 0 aliphatic rings. The number of hydrogen-bond donors (Lipinski definition) is 1. The van der Waals surface area contributed by atoms with Gasteiger partial charge >= 0.3 is 0 Å². The van der Waals surface area contributed by atoms with Crippen LogP contribution >= 0.6 is 0 Å². The number of rotatable bonds is 2. The van der Waals surface area contributed by atoms with Crippen LogP contribution in [0.2, 0.25) is 0 Å². The van der Waals surface area contributed by atoms with Crippen LogP contribution in [0.4, 0.5) is 0 Å². The molecule has 10 heavy (non-hydrogen) atoms. The second-order valence-electron chi connectivity index (χ2n) is 3.23. The minimum atomic E-state index is -0.0635. The highest BCUT2D eigenvalue weighted by Gasteiger charge is 2.05. The molecule has 0 atom stereocenters. The van der Waals surface area contributed by atoms with E-state index in [1.165, 1.54) is 13.1 Å². The van der Waals surface area contributed by atoms with Gasteiger partial charge in [-0.25, -0.2) is 0 Å². The molecule has 0 amide bonds. The standard InChI is InChI=1S/C7H14N2O/c1-6(10)5-8-9-7(2,3)4/h5,9H,1-4H3. The lowest BCUT2D eigenvalue weighted by Gasteiger charge is -2.16. The molecule has 0 heterocycles. The zero-order valence-corrected chi connectivity index (χ0v) is 6.93. The van der Waals surface area contributed by atoms with Crippen molar-refractivity contribution in [3.63, 3.8) is 0 Å². The van der Waals surface area contributed by atoms with Gasteiger partial charge in [-0.05, 0) is 20.8 Å². The number of nitrogens with zero attached hydrogens (tertiary/aromatic N) is 1. The third kappa shape index (κ3) is 7.14. The second-order valence-corrected chi connectivity index (χ2v) is 3.23. The molecule has 0 rings (SSSR count). The van der Waals surface area contributed by atoms with E-state index in [-0.39, 0.29) is 11.3 Å². The zero-order chi connectivity index (χ0) is 8.20. The quantitative estimate of drug-likeness (QED) is 0.460. The number of ketones is 1. The van der Waals surface area contributed by atoms with E-state index < -0.39 is 0 Å². The summed E-state index contributed by atoms with van der Waals surface area (Å²) in [6, 6.07) is 0. The first-order valence-electron chi connectivity index (χ1n) is 3.22. The smallest absolute Gasteiger partial charge is 0.172 e. The normalized spacial score (nSPS) is 12.0. The van der Waals surface area contributed by atoms with Crippen LogP contribution in [0.1, 0.15) is 27.7 Å². The van der Waals surface area contributed by atoms with Gasteiger partial charge in [-0.2, -0.15) is 5.10 Å². The van der Waals surface area contributed by atoms with Gasteiger partial charge in [0, 0.05) is 12.5 Å². The van der Waals surface area contributed by atoms with E-state index in [9.17, 15) is 4.79 Å². The fourth-order valence-corrected chi connectivity index (χ4v) is 0.317. The van der Waals surface area contributed by atoms with Gasteiger partial charge in [0.1, 0.15) is 0 Å². The average Bonchev–Trinajstić information content (AvgIpc) is 1.59. The summed E-state index contributed by atoms with van der Waals surface area (Å²) >= 11 is 0. The number of carbonyl (C=O) groups excluding carboxylic acids is 1. The Labute approximate surface area is 61.5 Å². The highest BCUT2D eigenvalue weighted by Crippen LogP contribution is 1.96. The van der Waals surface area contributed by atoms with Crippen LogP contribution in [0.15, 0.2) is 5.10 Å². The molecule has 1 N–H and O–H groups in total. The van der Waals surface area contributed by atoms with E-state index >= 15 is 0 Å². The topological polar surface area (TPSA) is 41.5 Å². The Morgan fingerprint density at radius 2 is 2.00 bits per heavy atom. The van der Waals surface area contributed by atoms with Crippen LogP contribution in [0.3, 0.4) is 0 Å². The minimum Gasteiger partial charge on any atom is -0.305 e. The summed E-state index contributed by atoms with van der Waals surface area (Å²) in [5, 5.41) is 3.72. The Hall–Kier alpha value is -0.860. The Balaban J connectivity index is 3.64. The summed E-state index contributed by atoms with van der Waals surface area (Å²) in [5.41, 5.74) is 2.74. The highest BCUT2D eigenvalue weighted by molar-refractivity contribution is 6.26. The van der Waals surface area contributed by atoms with Crippen LogP contribution < -0.4 is 5.43 Å². The molecule has 3 heteroatoms. The van der Waals surface area contributed by atoms with Gasteiger partial charge in [0.15, 0.2) is 5.78 Å². The molecular formula is C7H14N2O. The van der Waals surface area contributed by atoms with Crippen molar-refractivity contribution in [2.24, 2.45) is 5.10 Å². The molecular weight excluding hydrogens is 128 g/mol. The van der Waals surface area contributed by atoms with Crippen molar-refractivity contribution in [2.45, 2.75) is 33.2 Å². The number of carbonyl (C=O) groups is 1. The van der Waals surface area contributed by atoms with E-state index in [1.54, 1.807) is 0 Å². The highest BCUT2D eigenvalue weighted by atomic mass is 16.1. The molecule has 0 aromatic heterocycles. The van der Waals surface area contributed by atoms with Crippen molar-refractivity contribution in [2.75, 3.05) is 0 Å². The lowest BCUT2D eigenvalue weighted by atomic mass is 10.1. The van der Waals surface area contributed by atoms with Crippen molar-refractivity contribution >= 4 is 12.0 Å². The summed E-state index contributed by atoms with van der Waals surface area (Å²) in [6.07, 6.45) is 1.27. The molecule has 0 fully saturated rings. The van der Waals surface area contributed by atoms with E-state index in [0.29, 0.717) is 0 Å². The van der Waals surface area contributed by atoms with Crippen molar-refractivity contribution in [3.8, 4) is 0 Å². The Kier molecular flexibility index (Phi) is 3.06. The number of hydrazone groups is 1. The fraction of sp³-hybridized carbons (Fsp3) is 0.714. The molecule has 0 bridgehead atoms. The minimum absolute atomic E-state index is 0.0447. The van der Waals surface area contributed by atoms with Crippen LogP contribution in [-0.2, 0) is 4.79 Å². The van der Waals surface area contributed by atoms with Crippen LogP contribution in [0.25, 0.3) is 0 Å². The monoisotopic (exact) mass is 142 g/mol. The predicted molar refractivity (Wildman–Crippen MR) is 42.1 cm³/mol. The van der Waals surface area contributed by atoms with E-state index in [0.717, 1.165) is 0 Å². The first kappa shape index (κ1) is 9.14. The zero-order valence-electron chi connectivity index (χ0n) is 6.93. The summed E-state index contributed by atoms with van der Waals surface area (Å²) < 4.78 is 0. The van der Waals surface area contributed by atoms with Gasteiger partial charge < -0.3 is 5.43 Å². The fourth-order valence-electron chi connectivity index (χ4n) is 0.317. The van der Waals surface area contributed by atoms with Gasteiger partial charge in [0.05, 0.1) is 6.21 Å². The predicted octanol–water partition coefficient (Wildman–Crippen LogP) is 0.949. The molecule has 58 valence electrons. The third-order valence-electron chi connectivity index (χ3n) is 0.646. The molecule has 0 saturated heterocycles. The molecule has 0 saturated carbocycles. The summed E-state index contributed by atoms with van der Waals surface area (Å²) in [6.45, 7) is 7.40. The number of hydrogen-bond acceptors (Lipinski definition) is 3. The van der Waals surface area contributed by atoms with E-state index in [2.05, 4.69) is 10.5 Å².